The van der Waals surface area contributed by atoms with Gasteiger partial charge in [0.05, 0.1) is 12.7 Å². The zero-order valence-corrected chi connectivity index (χ0v) is 16.7. The van der Waals surface area contributed by atoms with Crippen molar-refractivity contribution < 1.29 is 29.1 Å². The molecule has 0 saturated carbocycles. The molecule has 2 unspecified atom stereocenters. The van der Waals surface area contributed by atoms with Gasteiger partial charge in [0.2, 0.25) is 6.04 Å². The predicted octanol–water partition coefficient (Wildman–Crippen LogP) is 2.59. The first-order valence-electron chi connectivity index (χ1n) is 10.2. The number of amides is 2. The monoisotopic (exact) mass is 421 g/mol. The molecule has 0 bridgehead atoms. The molecule has 2 heterocycles. The van der Waals surface area contributed by atoms with E-state index in [1.54, 1.807) is 4.90 Å². The van der Waals surface area contributed by atoms with Crippen LogP contribution in [0.15, 0.2) is 30.3 Å². The summed E-state index contributed by atoms with van der Waals surface area (Å²) in [6, 6.07) is 7.69. The van der Waals surface area contributed by atoms with Gasteiger partial charge in [0, 0.05) is 31.0 Å². The Kier molecular flexibility index (Phi) is 7.45. The van der Waals surface area contributed by atoms with E-state index in [2.05, 4.69) is 0 Å². The molecule has 0 aromatic heterocycles. The van der Waals surface area contributed by atoms with Crippen LogP contribution in [0.2, 0.25) is 0 Å². The fourth-order valence-corrected chi connectivity index (χ4v) is 3.97. The number of carboxylic acid groups (broad SMARTS) is 1. The largest absolute Gasteiger partial charge is 0.465 e. The molecule has 0 aliphatic carbocycles. The van der Waals surface area contributed by atoms with Crippen LogP contribution in [-0.4, -0.2) is 76.4 Å². The van der Waals surface area contributed by atoms with E-state index >= 15 is 0 Å². The Morgan fingerprint density at radius 2 is 1.83 bits per heavy atom. The topological polar surface area (TPSA) is 122 Å². The minimum absolute atomic E-state index is 0.0128. The van der Waals surface area contributed by atoms with Gasteiger partial charge in [-0.25, -0.2) is 9.59 Å². The smallest absolute Gasteiger partial charge is 0.410 e. The Morgan fingerprint density at radius 3 is 2.47 bits per heavy atom. The summed E-state index contributed by atoms with van der Waals surface area (Å²) in [4.78, 5) is 37.4. The molecule has 2 atom stereocenters. The van der Waals surface area contributed by atoms with E-state index in [1.165, 1.54) is 0 Å². The molecule has 2 aliphatic heterocycles. The SMILES string of the molecule is O=C(OCc1ccccc1)N1CCC(OCC2C([N+](=O)[O-])CCCN2C(=O)O)CC1. The number of hydrogen-bond donors (Lipinski definition) is 1. The van der Waals surface area contributed by atoms with Crippen LogP contribution in [0.5, 0.6) is 0 Å². The maximum absolute atomic E-state index is 12.2. The Hall–Kier alpha value is -2.88. The number of rotatable bonds is 6. The van der Waals surface area contributed by atoms with Crippen LogP contribution in [0.4, 0.5) is 9.59 Å². The number of likely N-dealkylation sites (tertiary alicyclic amines) is 2. The van der Waals surface area contributed by atoms with Gasteiger partial charge >= 0.3 is 12.2 Å². The maximum atomic E-state index is 12.2. The van der Waals surface area contributed by atoms with Gasteiger partial charge in [0.25, 0.3) is 0 Å². The van der Waals surface area contributed by atoms with E-state index in [1.807, 2.05) is 30.3 Å². The summed E-state index contributed by atoms with van der Waals surface area (Å²) in [5, 5.41) is 20.7. The fourth-order valence-electron chi connectivity index (χ4n) is 3.97. The number of benzene rings is 1. The lowest BCUT2D eigenvalue weighted by Crippen LogP contribution is -2.56. The van der Waals surface area contributed by atoms with Crippen molar-refractivity contribution in [2.75, 3.05) is 26.2 Å². The molecule has 2 saturated heterocycles. The molecule has 2 amide bonds. The highest BCUT2D eigenvalue weighted by atomic mass is 16.6. The maximum Gasteiger partial charge on any atom is 0.410 e. The van der Waals surface area contributed by atoms with Crippen molar-refractivity contribution in [1.82, 2.24) is 9.80 Å². The molecule has 10 nitrogen and oxygen atoms in total. The molecule has 164 valence electrons. The fraction of sp³-hybridized carbons (Fsp3) is 0.600. The van der Waals surface area contributed by atoms with Gasteiger partial charge in [-0.2, -0.15) is 0 Å². The third-order valence-corrected chi connectivity index (χ3v) is 5.67. The summed E-state index contributed by atoms with van der Waals surface area (Å²) in [6.07, 6.45) is 0.246. The van der Waals surface area contributed by atoms with Gasteiger partial charge in [-0.05, 0) is 24.8 Å². The molecule has 2 fully saturated rings. The normalized spacial score (nSPS) is 22.5. The summed E-state index contributed by atoms with van der Waals surface area (Å²) in [5.41, 5.74) is 0.917. The summed E-state index contributed by atoms with van der Waals surface area (Å²) < 4.78 is 11.2. The van der Waals surface area contributed by atoms with Crippen molar-refractivity contribution >= 4 is 12.2 Å². The van der Waals surface area contributed by atoms with Gasteiger partial charge in [-0.3, -0.25) is 15.0 Å². The molecular formula is C20H27N3O7. The van der Waals surface area contributed by atoms with Crippen LogP contribution in [0.1, 0.15) is 31.2 Å². The van der Waals surface area contributed by atoms with Crippen LogP contribution in [-0.2, 0) is 16.1 Å². The third kappa shape index (κ3) is 5.59. The van der Waals surface area contributed by atoms with Crippen LogP contribution < -0.4 is 0 Å². The molecule has 1 N–H and O–H groups in total. The van der Waals surface area contributed by atoms with Gasteiger partial charge in [-0.15, -0.1) is 0 Å². The second-order valence-corrected chi connectivity index (χ2v) is 7.60. The number of carbonyl (C=O) groups is 2. The highest BCUT2D eigenvalue weighted by molar-refractivity contribution is 5.67. The Bertz CT molecular complexity index is 715. The molecule has 2 aliphatic rings. The summed E-state index contributed by atoms with van der Waals surface area (Å²) in [5.74, 6) is 0. The first-order chi connectivity index (χ1) is 14.5. The average Bonchev–Trinajstić information content (AvgIpc) is 2.76. The number of nitro groups is 1. The second-order valence-electron chi connectivity index (χ2n) is 7.60. The molecule has 1 aromatic rings. The highest BCUT2D eigenvalue weighted by Gasteiger charge is 2.42. The van der Waals surface area contributed by atoms with E-state index in [4.69, 9.17) is 9.47 Å². The molecule has 30 heavy (non-hydrogen) atoms. The summed E-state index contributed by atoms with van der Waals surface area (Å²) in [6.45, 7) is 1.40. The number of piperidine rings is 2. The molecule has 1 aromatic carbocycles. The van der Waals surface area contributed by atoms with Gasteiger partial charge < -0.3 is 19.5 Å². The van der Waals surface area contributed by atoms with Crippen molar-refractivity contribution in [3.05, 3.63) is 46.0 Å². The molecule has 3 rings (SSSR count). The van der Waals surface area contributed by atoms with E-state index in [0.717, 1.165) is 10.5 Å². The Labute approximate surface area is 174 Å². The van der Waals surface area contributed by atoms with Crippen LogP contribution in [0, 0.1) is 10.1 Å². The molecule has 10 heteroatoms. The summed E-state index contributed by atoms with van der Waals surface area (Å²) in [7, 11) is 0. The van der Waals surface area contributed by atoms with Crippen LogP contribution in [0.3, 0.4) is 0 Å². The first kappa shape index (κ1) is 21.8. The quantitative estimate of drug-likeness (QED) is 0.553. The zero-order valence-electron chi connectivity index (χ0n) is 16.7. The van der Waals surface area contributed by atoms with Crippen LogP contribution in [0.25, 0.3) is 0 Å². The number of nitrogens with zero attached hydrogens (tertiary/aromatic N) is 3. The Morgan fingerprint density at radius 1 is 1.13 bits per heavy atom. The minimum Gasteiger partial charge on any atom is -0.465 e. The van der Waals surface area contributed by atoms with Crippen molar-refractivity contribution in [3.8, 4) is 0 Å². The molecule has 0 radical (unpaired) electrons. The average molecular weight is 421 g/mol. The van der Waals surface area contributed by atoms with E-state index in [0.29, 0.717) is 38.8 Å². The van der Waals surface area contributed by atoms with Crippen molar-refractivity contribution in [1.29, 1.82) is 0 Å². The lowest BCUT2D eigenvalue weighted by atomic mass is 9.97. The molecular weight excluding hydrogens is 394 g/mol. The zero-order chi connectivity index (χ0) is 21.5. The third-order valence-electron chi connectivity index (χ3n) is 5.67. The lowest BCUT2D eigenvalue weighted by Gasteiger charge is -2.37. The number of hydrogen-bond acceptors (Lipinski definition) is 6. The standard InChI is InChI=1S/C20H27N3O7/c24-19(25)22-10-4-7-17(23(27)28)18(22)14-29-16-8-11-21(12-9-16)20(26)30-13-15-5-2-1-3-6-15/h1-3,5-6,16-18H,4,7-14H2,(H,24,25). The minimum atomic E-state index is -1.16. The van der Waals surface area contributed by atoms with E-state index in [-0.39, 0.29) is 32.0 Å². The van der Waals surface area contributed by atoms with Crippen molar-refractivity contribution in [3.63, 3.8) is 0 Å². The second kappa shape index (κ2) is 10.2. The predicted molar refractivity (Wildman–Crippen MR) is 106 cm³/mol. The first-order valence-corrected chi connectivity index (χ1v) is 10.2. The lowest BCUT2D eigenvalue weighted by molar-refractivity contribution is -0.534. The highest BCUT2D eigenvalue weighted by Crippen LogP contribution is 2.23. The van der Waals surface area contributed by atoms with Crippen LogP contribution >= 0.6 is 0 Å². The van der Waals surface area contributed by atoms with Crippen molar-refractivity contribution in [2.24, 2.45) is 0 Å². The number of carbonyl (C=O) groups excluding carboxylic acids is 1. The molecule has 0 spiro atoms. The van der Waals surface area contributed by atoms with Gasteiger partial charge in [-0.1, -0.05) is 30.3 Å². The van der Waals surface area contributed by atoms with E-state index in [9.17, 15) is 24.8 Å². The van der Waals surface area contributed by atoms with Gasteiger partial charge in [0.1, 0.15) is 12.6 Å². The van der Waals surface area contributed by atoms with E-state index < -0.39 is 23.1 Å². The number of ether oxygens (including phenoxy) is 2. The summed E-state index contributed by atoms with van der Waals surface area (Å²) >= 11 is 0. The van der Waals surface area contributed by atoms with Crippen molar-refractivity contribution in [2.45, 2.75) is 50.5 Å². The Balaban J connectivity index is 1.45. The van der Waals surface area contributed by atoms with Gasteiger partial charge in [0.15, 0.2) is 0 Å².